The fraction of sp³-hybridized carbons (Fsp3) is 0.538. The number of likely N-dealkylation sites (tertiary alicyclic amines) is 1. The lowest BCUT2D eigenvalue weighted by molar-refractivity contribution is 0.234. The van der Waals surface area contributed by atoms with Crippen LogP contribution in [0.15, 0.2) is 22.7 Å². The molecule has 3 nitrogen and oxygen atoms in total. The zero-order valence-corrected chi connectivity index (χ0v) is 11.7. The summed E-state index contributed by atoms with van der Waals surface area (Å²) < 4.78 is 6.75. The Morgan fingerprint density at radius 3 is 3.06 bits per heavy atom. The Morgan fingerprint density at radius 1 is 1.53 bits per heavy atom. The quantitative estimate of drug-likeness (QED) is 0.869. The van der Waals surface area contributed by atoms with Crippen LogP contribution in [0.25, 0.3) is 0 Å². The van der Waals surface area contributed by atoms with Gasteiger partial charge in [-0.1, -0.05) is 15.9 Å². The monoisotopic (exact) mass is 298 g/mol. The molecular formula is C13H19BrN2O. The Balaban J connectivity index is 1.83. The van der Waals surface area contributed by atoms with Crippen LogP contribution in [0, 0.1) is 0 Å². The Hall–Kier alpha value is -0.740. The second-order valence-electron chi connectivity index (χ2n) is 4.60. The minimum Gasteiger partial charge on any atom is -0.491 e. The first-order valence-corrected chi connectivity index (χ1v) is 6.84. The summed E-state index contributed by atoms with van der Waals surface area (Å²) in [6.45, 7) is 1.94. The summed E-state index contributed by atoms with van der Waals surface area (Å²) in [5.74, 6) is 0.778. The van der Waals surface area contributed by atoms with Gasteiger partial charge in [0.15, 0.2) is 0 Å². The highest BCUT2D eigenvalue weighted by atomic mass is 79.9. The molecule has 1 saturated heterocycles. The van der Waals surface area contributed by atoms with Crippen LogP contribution in [-0.4, -0.2) is 31.1 Å². The predicted molar refractivity (Wildman–Crippen MR) is 74.3 cm³/mol. The van der Waals surface area contributed by atoms with Crippen LogP contribution in [-0.2, 0) is 0 Å². The van der Waals surface area contributed by atoms with Gasteiger partial charge in [0.25, 0.3) is 0 Å². The van der Waals surface area contributed by atoms with E-state index in [-0.39, 0.29) is 0 Å². The molecule has 2 N–H and O–H groups in total. The third-order valence-corrected chi connectivity index (χ3v) is 3.85. The number of rotatable bonds is 4. The Kier molecular flexibility index (Phi) is 4.29. The van der Waals surface area contributed by atoms with E-state index in [9.17, 15) is 0 Å². The highest BCUT2D eigenvalue weighted by Crippen LogP contribution is 2.26. The zero-order chi connectivity index (χ0) is 12.3. The van der Waals surface area contributed by atoms with Crippen LogP contribution in [0.3, 0.4) is 0 Å². The topological polar surface area (TPSA) is 38.5 Å². The van der Waals surface area contributed by atoms with Crippen molar-refractivity contribution in [2.75, 3.05) is 25.9 Å². The summed E-state index contributed by atoms with van der Waals surface area (Å²) >= 11 is 3.42. The van der Waals surface area contributed by atoms with E-state index in [4.69, 9.17) is 10.5 Å². The van der Waals surface area contributed by atoms with Crippen LogP contribution in [0.2, 0.25) is 0 Å². The van der Waals surface area contributed by atoms with E-state index in [2.05, 4.69) is 27.9 Å². The largest absolute Gasteiger partial charge is 0.491 e. The van der Waals surface area contributed by atoms with E-state index in [0.717, 1.165) is 23.2 Å². The second-order valence-corrected chi connectivity index (χ2v) is 5.51. The molecular weight excluding hydrogens is 280 g/mol. The van der Waals surface area contributed by atoms with Gasteiger partial charge in [-0.25, -0.2) is 0 Å². The molecule has 0 amide bonds. The third kappa shape index (κ3) is 3.36. The molecule has 0 spiro atoms. The van der Waals surface area contributed by atoms with E-state index in [1.54, 1.807) is 0 Å². The molecule has 4 heteroatoms. The van der Waals surface area contributed by atoms with Gasteiger partial charge in [0.1, 0.15) is 5.75 Å². The molecule has 1 fully saturated rings. The third-order valence-electron chi connectivity index (χ3n) is 3.36. The lowest BCUT2D eigenvalue weighted by atomic mass is 10.1. The molecule has 1 aromatic rings. The van der Waals surface area contributed by atoms with E-state index in [1.807, 2.05) is 18.2 Å². The molecule has 1 heterocycles. The second kappa shape index (κ2) is 5.74. The molecule has 1 aromatic carbocycles. The fourth-order valence-electron chi connectivity index (χ4n) is 2.28. The lowest BCUT2D eigenvalue weighted by Crippen LogP contribution is -2.26. The fourth-order valence-corrected chi connectivity index (χ4v) is 2.62. The Bertz CT molecular complexity index is 384. The van der Waals surface area contributed by atoms with Crippen molar-refractivity contribution in [1.29, 1.82) is 0 Å². The van der Waals surface area contributed by atoms with Crippen molar-refractivity contribution in [3.05, 3.63) is 22.7 Å². The predicted octanol–water partition coefficient (Wildman–Crippen LogP) is 2.89. The molecule has 17 heavy (non-hydrogen) atoms. The van der Waals surface area contributed by atoms with Crippen LogP contribution < -0.4 is 10.5 Å². The first kappa shape index (κ1) is 12.7. The van der Waals surface area contributed by atoms with Crippen molar-refractivity contribution < 1.29 is 4.74 Å². The molecule has 0 aliphatic carbocycles. The van der Waals surface area contributed by atoms with E-state index in [1.165, 1.54) is 19.4 Å². The summed E-state index contributed by atoms with van der Waals surface area (Å²) in [7, 11) is 2.19. The van der Waals surface area contributed by atoms with Crippen molar-refractivity contribution in [3.8, 4) is 5.75 Å². The van der Waals surface area contributed by atoms with Gasteiger partial charge in [0, 0.05) is 10.5 Å². The van der Waals surface area contributed by atoms with Gasteiger partial charge in [0.05, 0.1) is 12.3 Å². The van der Waals surface area contributed by atoms with Crippen LogP contribution in [0.5, 0.6) is 5.75 Å². The first-order valence-electron chi connectivity index (χ1n) is 6.05. The molecule has 0 radical (unpaired) electrons. The van der Waals surface area contributed by atoms with Crippen molar-refractivity contribution in [3.63, 3.8) is 0 Å². The van der Waals surface area contributed by atoms with Gasteiger partial charge in [-0.2, -0.15) is 0 Å². The summed E-state index contributed by atoms with van der Waals surface area (Å²) in [5, 5.41) is 0. The molecule has 1 atom stereocenters. The van der Waals surface area contributed by atoms with Crippen LogP contribution >= 0.6 is 15.9 Å². The van der Waals surface area contributed by atoms with Crippen LogP contribution in [0.4, 0.5) is 5.69 Å². The Morgan fingerprint density at radius 2 is 2.35 bits per heavy atom. The van der Waals surface area contributed by atoms with Gasteiger partial charge in [-0.3, -0.25) is 0 Å². The number of nitrogens with two attached hydrogens (primary N) is 1. The number of nitrogens with zero attached hydrogens (tertiary/aromatic N) is 1. The summed E-state index contributed by atoms with van der Waals surface area (Å²) in [5.41, 5.74) is 6.56. The summed E-state index contributed by atoms with van der Waals surface area (Å²) in [6, 6.07) is 6.38. The molecule has 1 aliphatic rings. The molecule has 1 aliphatic heterocycles. The average Bonchev–Trinajstić information content (AvgIpc) is 2.70. The van der Waals surface area contributed by atoms with Gasteiger partial charge < -0.3 is 15.4 Å². The first-order chi connectivity index (χ1) is 8.16. The molecule has 0 aromatic heterocycles. The van der Waals surface area contributed by atoms with E-state index >= 15 is 0 Å². The summed E-state index contributed by atoms with van der Waals surface area (Å²) in [4.78, 5) is 2.41. The number of anilines is 1. The highest BCUT2D eigenvalue weighted by Gasteiger charge is 2.20. The standard InChI is InChI=1S/C13H19BrN2O/c1-16-7-2-3-11(16)6-8-17-13-9-10(14)4-5-12(13)15/h4-5,9,11H,2-3,6-8,15H2,1H3. The maximum absolute atomic E-state index is 5.85. The highest BCUT2D eigenvalue weighted by molar-refractivity contribution is 9.10. The van der Waals surface area contributed by atoms with Gasteiger partial charge in [0.2, 0.25) is 0 Å². The molecule has 0 saturated carbocycles. The minimum atomic E-state index is 0.670. The lowest BCUT2D eigenvalue weighted by Gasteiger charge is -2.19. The number of ether oxygens (including phenoxy) is 1. The number of hydrogen-bond acceptors (Lipinski definition) is 3. The molecule has 0 bridgehead atoms. The van der Waals surface area contributed by atoms with Gasteiger partial charge >= 0.3 is 0 Å². The normalized spacial score (nSPS) is 20.7. The number of halogens is 1. The van der Waals surface area contributed by atoms with Crippen LogP contribution in [0.1, 0.15) is 19.3 Å². The smallest absolute Gasteiger partial charge is 0.143 e. The number of hydrogen-bond donors (Lipinski definition) is 1. The van der Waals surface area contributed by atoms with Crippen molar-refractivity contribution in [2.45, 2.75) is 25.3 Å². The minimum absolute atomic E-state index is 0.670. The van der Waals surface area contributed by atoms with Gasteiger partial charge in [-0.05, 0) is 51.1 Å². The Labute approximate surface area is 111 Å². The summed E-state index contributed by atoms with van der Waals surface area (Å²) in [6.07, 6.45) is 3.66. The number of nitrogen functional groups attached to an aromatic ring is 1. The van der Waals surface area contributed by atoms with Crippen molar-refractivity contribution in [2.24, 2.45) is 0 Å². The maximum atomic E-state index is 5.85. The van der Waals surface area contributed by atoms with E-state index < -0.39 is 0 Å². The number of benzene rings is 1. The van der Waals surface area contributed by atoms with Gasteiger partial charge in [-0.15, -0.1) is 0 Å². The average molecular weight is 299 g/mol. The van der Waals surface area contributed by atoms with E-state index in [0.29, 0.717) is 11.7 Å². The molecule has 94 valence electrons. The zero-order valence-electron chi connectivity index (χ0n) is 10.2. The maximum Gasteiger partial charge on any atom is 0.143 e. The molecule has 1 unspecified atom stereocenters. The van der Waals surface area contributed by atoms with Crippen molar-refractivity contribution in [1.82, 2.24) is 4.90 Å². The van der Waals surface area contributed by atoms with Crippen molar-refractivity contribution >= 4 is 21.6 Å². The molecule has 2 rings (SSSR count). The SMILES string of the molecule is CN1CCCC1CCOc1cc(Br)ccc1N.